The van der Waals surface area contributed by atoms with E-state index in [1.165, 1.54) is 12.3 Å². The van der Waals surface area contributed by atoms with E-state index in [4.69, 9.17) is 19.4 Å². The van der Waals surface area contributed by atoms with Crippen molar-refractivity contribution in [3.05, 3.63) is 58.6 Å². The zero-order valence-corrected chi connectivity index (χ0v) is 18.7. The number of ether oxygens (including phenoxy) is 1. The van der Waals surface area contributed by atoms with Gasteiger partial charge in [-0.2, -0.15) is 4.98 Å². The Morgan fingerprint density at radius 3 is 2.42 bits per heavy atom. The molecular weight excluding hydrogens is 484 g/mol. The van der Waals surface area contributed by atoms with Crippen LogP contribution in [0.3, 0.4) is 0 Å². The molecule has 0 radical (unpaired) electrons. The highest BCUT2D eigenvalue weighted by Gasteiger charge is 2.45. The molecule has 0 spiro atoms. The van der Waals surface area contributed by atoms with Crippen LogP contribution in [0.4, 0.5) is 5.82 Å². The Labute approximate surface area is 187 Å². The second-order valence-electron chi connectivity index (χ2n) is 7.16. The molecule has 0 saturated carbocycles. The van der Waals surface area contributed by atoms with Gasteiger partial charge in [-0.25, -0.2) is 10.3 Å². The molecule has 5 atom stereocenters. The molecule has 1 aliphatic rings. The van der Waals surface area contributed by atoms with E-state index in [2.05, 4.69) is 15.0 Å². The summed E-state index contributed by atoms with van der Waals surface area (Å²) in [6, 6.07) is 10.6. The summed E-state index contributed by atoms with van der Waals surface area (Å²) in [4.78, 5) is 48.6. The highest BCUT2D eigenvalue weighted by molar-refractivity contribution is 7.70. The second-order valence-corrected chi connectivity index (χ2v) is 11.2. The SMILES string of the molecule is O=c1nc(NOCc2ccccc2)ccn1[C@@H]1O[C@H](COP(=O)(O)CP(=O)(O)O)[C@H](O)C1O. The molecule has 1 aromatic carbocycles. The van der Waals surface area contributed by atoms with Gasteiger partial charge in [0.25, 0.3) is 0 Å². The van der Waals surface area contributed by atoms with Crippen LogP contribution in [0.5, 0.6) is 0 Å². The zero-order valence-electron chi connectivity index (χ0n) is 16.9. The Bertz CT molecular complexity index is 1090. The second kappa shape index (κ2) is 10.5. The van der Waals surface area contributed by atoms with Gasteiger partial charge in [0.15, 0.2) is 17.9 Å². The average molecular weight is 507 g/mol. The number of aliphatic hydroxyl groups excluding tert-OH is 2. The van der Waals surface area contributed by atoms with E-state index >= 15 is 0 Å². The summed E-state index contributed by atoms with van der Waals surface area (Å²) in [6.45, 7) is -0.557. The minimum Gasteiger partial charge on any atom is -0.387 e. The fourth-order valence-corrected chi connectivity index (χ4v) is 5.56. The molecule has 2 unspecified atom stereocenters. The number of rotatable bonds is 10. The summed E-state index contributed by atoms with van der Waals surface area (Å²) in [6.07, 6.45) is -4.76. The van der Waals surface area contributed by atoms with Crippen LogP contribution in [-0.4, -0.2) is 65.3 Å². The van der Waals surface area contributed by atoms with E-state index in [0.717, 1.165) is 10.1 Å². The maximum atomic E-state index is 12.4. The van der Waals surface area contributed by atoms with Crippen LogP contribution in [0, 0.1) is 0 Å². The monoisotopic (exact) mass is 507 g/mol. The number of nitrogens with one attached hydrogen (secondary N) is 1. The lowest BCUT2D eigenvalue weighted by atomic mass is 10.1. The fraction of sp³-hybridized carbons (Fsp3) is 0.412. The molecule has 2 aromatic rings. The van der Waals surface area contributed by atoms with Crippen LogP contribution in [0.25, 0.3) is 0 Å². The Kier molecular flexibility index (Phi) is 8.19. The molecule has 3 rings (SSSR count). The van der Waals surface area contributed by atoms with E-state index in [9.17, 15) is 29.0 Å². The molecule has 0 amide bonds. The number of aliphatic hydroxyl groups is 2. The number of hydrogen-bond donors (Lipinski definition) is 6. The third-order valence-corrected chi connectivity index (χ3v) is 7.96. The van der Waals surface area contributed by atoms with Crippen molar-refractivity contribution in [1.82, 2.24) is 9.55 Å². The first-order valence-corrected chi connectivity index (χ1v) is 13.0. The van der Waals surface area contributed by atoms with Gasteiger partial charge in [0.1, 0.15) is 18.3 Å². The molecule has 0 bridgehead atoms. The number of hydrogen-bond acceptors (Lipinski definition) is 10. The molecular formula is C17H23N3O11P2. The average Bonchev–Trinajstić information content (AvgIpc) is 3.00. The van der Waals surface area contributed by atoms with Crippen molar-refractivity contribution in [3.63, 3.8) is 0 Å². The van der Waals surface area contributed by atoms with E-state index in [1.54, 1.807) is 0 Å². The van der Waals surface area contributed by atoms with Crippen LogP contribution in [0.15, 0.2) is 47.4 Å². The van der Waals surface area contributed by atoms with Gasteiger partial charge in [0.2, 0.25) is 0 Å². The fourth-order valence-electron chi connectivity index (χ4n) is 2.99. The van der Waals surface area contributed by atoms with Crippen LogP contribution < -0.4 is 11.2 Å². The maximum Gasteiger partial charge on any atom is 0.351 e. The lowest BCUT2D eigenvalue weighted by molar-refractivity contribution is -0.0523. The molecule has 1 aromatic heterocycles. The van der Waals surface area contributed by atoms with E-state index in [-0.39, 0.29) is 12.4 Å². The van der Waals surface area contributed by atoms with Crippen molar-refractivity contribution in [2.24, 2.45) is 0 Å². The largest absolute Gasteiger partial charge is 0.387 e. The number of benzene rings is 1. The molecule has 1 fully saturated rings. The molecule has 33 heavy (non-hydrogen) atoms. The van der Waals surface area contributed by atoms with Crippen LogP contribution >= 0.6 is 15.2 Å². The Hall–Kier alpha value is -1.96. The van der Waals surface area contributed by atoms with Gasteiger partial charge in [-0.05, 0) is 11.6 Å². The normalized spacial score (nSPS) is 25.0. The van der Waals surface area contributed by atoms with E-state index < -0.39 is 57.9 Å². The van der Waals surface area contributed by atoms with Gasteiger partial charge in [0.05, 0.1) is 13.2 Å². The smallest absolute Gasteiger partial charge is 0.351 e. The van der Waals surface area contributed by atoms with Gasteiger partial charge >= 0.3 is 20.9 Å². The number of nitrogens with zero attached hydrogens (tertiary/aromatic N) is 2. The van der Waals surface area contributed by atoms with Crippen molar-refractivity contribution in [3.8, 4) is 0 Å². The molecule has 1 aliphatic heterocycles. The summed E-state index contributed by atoms with van der Waals surface area (Å²) < 4.78 is 33.5. The van der Waals surface area contributed by atoms with Crippen molar-refractivity contribution in [2.75, 3.05) is 18.0 Å². The molecule has 16 heteroatoms. The summed E-state index contributed by atoms with van der Waals surface area (Å²) in [7, 11) is -9.53. The first-order valence-electron chi connectivity index (χ1n) is 9.49. The Morgan fingerprint density at radius 1 is 1.09 bits per heavy atom. The predicted molar refractivity (Wildman–Crippen MR) is 112 cm³/mol. The van der Waals surface area contributed by atoms with Crippen molar-refractivity contribution in [2.45, 2.75) is 31.1 Å². The van der Waals surface area contributed by atoms with E-state index in [1.807, 2.05) is 30.3 Å². The van der Waals surface area contributed by atoms with Gasteiger partial charge in [-0.1, -0.05) is 30.3 Å². The van der Waals surface area contributed by atoms with Gasteiger partial charge < -0.3 is 34.2 Å². The van der Waals surface area contributed by atoms with Gasteiger partial charge in [-0.15, -0.1) is 0 Å². The molecule has 2 heterocycles. The topological polar surface area (TPSA) is 210 Å². The summed E-state index contributed by atoms with van der Waals surface area (Å²) in [5, 5.41) is 20.4. The summed E-state index contributed by atoms with van der Waals surface area (Å²) in [5.41, 5.74) is 2.55. The maximum absolute atomic E-state index is 12.4. The standard InChI is InChI=1S/C17H23N3O11P2/c21-14-12(9-30-33(27,28)10-32(24,25)26)31-16(15(14)22)20-7-6-13(18-17(20)23)19-29-8-11-4-2-1-3-5-11/h1-7,12,14-16,21-22H,8-10H2,(H,27,28)(H,18,19,23)(H2,24,25,26)/t12-,14+,15?,16-/m1/s1. The molecule has 14 nitrogen and oxygen atoms in total. The minimum absolute atomic E-state index is 0.0822. The Balaban J connectivity index is 1.60. The first kappa shape index (κ1) is 25.7. The van der Waals surface area contributed by atoms with Crippen LogP contribution in [-0.2, 0) is 29.8 Å². The number of aromatic nitrogens is 2. The minimum atomic E-state index is -4.83. The van der Waals surface area contributed by atoms with E-state index in [0.29, 0.717) is 0 Å². The molecule has 6 N–H and O–H groups in total. The lowest BCUT2D eigenvalue weighted by Gasteiger charge is -2.18. The third-order valence-electron chi connectivity index (χ3n) is 4.50. The van der Waals surface area contributed by atoms with Crippen LogP contribution in [0.2, 0.25) is 0 Å². The molecule has 0 aliphatic carbocycles. The highest BCUT2D eigenvalue weighted by Crippen LogP contribution is 2.55. The highest BCUT2D eigenvalue weighted by atomic mass is 31.2. The van der Waals surface area contributed by atoms with Crippen molar-refractivity contribution in [1.29, 1.82) is 0 Å². The molecule has 1 saturated heterocycles. The first-order chi connectivity index (χ1) is 15.5. The third kappa shape index (κ3) is 7.26. The van der Waals surface area contributed by atoms with Crippen molar-refractivity contribution >= 4 is 21.0 Å². The summed E-state index contributed by atoms with van der Waals surface area (Å²) in [5.74, 6) is -1.34. The molecule has 182 valence electrons. The summed E-state index contributed by atoms with van der Waals surface area (Å²) >= 11 is 0. The zero-order chi connectivity index (χ0) is 24.2. The number of anilines is 1. The lowest BCUT2D eigenvalue weighted by Crippen LogP contribution is -2.36. The predicted octanol–water partition coefficient (Wildman–Crippen LogP) is -0.257. The van der Waals surface area contributed by atoms with Gasteiger partial charge in [0, 0.05) is 6.20 Å². The quantitative estimate of drug-likeness (QED) is 0.181. The Morgan fingerprint density at radius 2 is 1.79 bits per heavy atom. The van der Waals surface area contributed by atoms with Gasteiger partial charge in [-0.3, -0.25) is 18.5 Å². The van der Waals surface area contributed by atoms with Crippen LogP contribution in [0.1, 0.15) is 11.8 Å². The van der Waals surface area contributed by atoms with Crippen molar-refractivity contribution < 1.29 is 48.1 Å².